The van der Waals surface area contributed by atoms with Crippen molar-refractivity contribution < 1.29 is 24.5 Å². The zero-order chi connectivity index (χ0) is 15.3. The molecular weight excluding hydrogens is 330 g/mol. The lowest BCUT2D eigenvalue weighted by atomic mass is 10.0. The molecule has 1 rings (SSSR count). The summed E-state index contributed by atoms with van der Waals surface area (Å²) < 4.78 is 11.0. The first-order chi connectivity index (χ1) is 9.40. The molecule has 2 unspecified atom stereocenters. The lowest BCUT2D eigenvalue weighted by Gasteiger charge is -2.20. The first-order valence-electron chi connectivity index (χ1n) is 5.92. The second-order valence-electron chi connectivity index (χ2n) is 4.19. The van der Waals surface area contributed by atoms with Crippen LogP contribution < -0.4 is 14.8 Å². The molecule has 2 atom stereocenters. The second kappa shape index (κ2) is 7.47. The predicted molar refractivity (Wildman–Crippen MR) is 76.9 cm³/mol. The molecule has 6 nitrogen and oxygen atoms in total. The fraction of sp³-hybridized carbons (Fsp3) is 0.462. The molecule has 0 saturated heterocycles. The number of aliphatic hydroxyl groups is 2. The maximum Gasteiger partial charge on any atom is 0.216 e. The minimum atomic E-state index is -1.17. The Balaban J connectivity index is 2.97. The van der Waals surface area contributed by atoms with E-state index in [2.05, 4.69) is 21.2 Å². The Kier molecular flexibility index (Phi) is 6.25. The summed E-state index contributed by atoms with van der Waals surface area (Å²) in [5, 5.41) is 22.4. The number of amides is 1. The Labute approximate surface area is 125 Å². The summed E-state index contributed by atoms with van der Waals surface area (Å²) in [6, 6.07) is 3.18. The summed E-state index contributed by atoms with van der Waals surface area (Å²) in [5.74, 6) is 0.678. The molecule has 20 heavy (non-hydrogen) atoms. The summed E-state index contributed by atoms with van der Waals surface area (Å²) in [4.78, 5) is 10.8. The first kappa shape index (κ1) is 16.7. The summed E-state index contributed by atoms with van der Waals surface area (Å²) in [7, 11) is 2.98. The molecule has 1 aromatic carbocycles. The number of benzene rings is 1. The van der Waals surface area contributed by atoms with Gasteiger partial charge in [0.15, 0.2) is 0 Å². The molecule has 0 aliphatic rings. The number of hydrogen-bond donors (Lipinski definition) is 3. The van der Waals surface area contributed by atoms with Crippen LogP contribution in [0.25, 0.3) is 0 Å². The van der Waals surface area contributed by atoms with Crippen LogP contribution in [0.3, 0.4) is 0 Å². The number of carbonyl (C=O) groups excluding carboxylic acids is 1. The van der Waals surface area contributed by atoms with Crippen LogP contribution in [0.5, 0.6) is 11.5 Å². The molecule has 1 aromatic rings. The van der Waals surface area contributed by atoms with E-state index < -0.39 is 12.2 Å². The van der Waals surface area contributed by atoms with Gasteiger partial charge in [-0.25, -0.2) is 0 Å². The van der Waals surface area contributed by atoms with Gasteiger partial charge < -0.3 is 25.0 Å². The van der Waals surface area contributed by atoms with Crippen LogP contribution in [-0.4, -0.2) is 43.0 Å². The average molecular weight is 348 g/mol. The molecule has 3 N–H and O–H groups in total. The van der Waals surface area contributed by atoms with Crippen LogP contribution >= 0.6 is 15.9 Å². The third-order valence-electron chi connectivity index (χ3n) is 2.73. The molecule has 0 aliphatic carbocycles. The number of halogens is 1. The van der Waals surface area contributed by atoms with Gasteiger partial charge >= 0.3 is 0 Å². The van der Waals surface area contributed by atoms with Crippen LogP contribution in [0.1, 0.15) is 18.6 Å². The van der Waals surface area contributed by atoms with Crippen molar-refractivity contribution >= 4 is 21.8 Å². The molecule has 0 bridgehead atoms. The fourth-order valence-corrected chi connectivity index (χ4v) is 2.20. The van der Waals surface area contributed by atoms with Crippen LogP contribution in [0, 0.1) is 0 Å². The molecule has 112 valence electrons. The fourth-order valence-electron chi connectivity index (χ4n) is 1.64. The minimum absolute atomic E-state index is 0.0444. The van der Waals surface area contributed by atoms with Gasteiger partial charge in [0.1, 0.15) is 28.2 Å². The van der Waals surface area contributed by atoms with E-state index in [1.807, 2.05) is 0 Å². The Bertz CT molecular complexity index is 455. The van der Waals surface area contributed by atoms with Crippen molar-refractivity contribution in [1.82, 2.24) is 5.32 Å². The molecule has 0 fully saturated rings. The third kappa shape index (κ3) is 4.09. The van der Waals surface area contributed by atoms with Crippen molar-refractivity contribution in [3.05, 3.63) is 22.2 Å². The summed E-state index contributed by atoms with van der Waals surface area (Å²) in [5.41, 5.74) is 0.430. The van der Waals surface area contributed by atoms with E-state index in [9.17, 15) is 15.0 Å². The zero-order valence-electron chi connectivity index (χ0n) is 11.5. The van der Waals surface area contributed by atoms with E-state index in [1.54, 1.807) is 12.1 Å². The largest absolute Gasteiger partial charge is 0.495 e. The molecule has 0 aromatic heterocycles. The molecule has 0 aliphatic heterocycles. The first-order valence-corrected chi connectivity index (χ1v) is 6.72. The maximum absolute atomic E-state index is 10.8. The van der Waals surface area contributed by atoms with Crippen molar-refractivity contribution in [1.29, 1.82) is 0 Å². The topological polar surface area (TPSA) is 88.0 Å². The van der Waals surface area contributed by atoms with E-state index in [0.717, 1.165) is 0 Å². The van der Waals surface area contributed by atoms with E-state index in [4.69, 9.17) is 9.47 Å². The zero-order valence-corrected chi connectivity index (χ0v) is 13.1. The maximum atomic E-state index is 10.8. The summed E-state index contributed by atoms with van der Waals surface area (Å²) in [6.45, 7) is 1.29. The Hall–Kier alpha value is -1.31. The molecule has 7 heteroatoms. The summed E-state index contributed by atoms with van der Waals surface area (Å²) >= 11 is 3.32. The van der Waals surface area contributed by atoms with Gasteiger partial charge in [0.25, 0.3) is 0 Å². The number of aliphatic hydroxyl groups excluding tert-OH is 2. The minimum Gasteiger partial charge on any atom is -0.495 e. The van der Waals surface area contributed by atoms with E-state index in [1.165, 1.54) is 21.1 Å². The number of methoxy groups -OCH3 is 2. The van der Waals surface area contributed by atoms with Crippen molar-refractivity contribution in [3.63, 3.8) is 0 Å². The highest BCUT2D eigenvalue weighted by atomic mass is 79.9. The smallest absolute Gasteiger partial charge is 0.216 e. The number of rotatable bonds is 6. The number of hydrogen-bond acceptors (Lipinski definition) is 5. The van der Waals surface area contributed by atoms with Gasteiger partial charge in [0.05, 0.1) is 14.2 Å². The highest BCUT2D eigenvalue weighted by Gasteiger charge is 2.21. The Morgan fingerprint density at radius 2 is 1.80 bits per heavy atom. The van der Waals surface area contributed by atoms with Crippen molar-refractivity contribution in [2.24, 2.45) is 0 Å². The highest BCUT2D eigenvalue weighted by Crippen LogP contribution is 2.37. The van der Waals surface area contributed by atoms with Gasteiger partial charge in [-0.1, -0.05) is 0 Å². The van der Waals surface area contributed by atoms with Gasteiger partial charge in [0, 0.05) is 13.5 Å². The monoisotopic (exact) mass is 347 g/mol. The Morgan fingerprint density at radius 1 is 1.30 bits per heavy atom. The molecule has 0 heterocycles. The molecule has 0 spiro atoms. The quantitative estimate of drug-likeness (QED) is 0.714. The van der Waals surface area contributed by atoms with Crippen LogP contribution in [0.15, 0.2) is 16.6 Å². The normalized spacial score (nSPS) is 13.5. The molecular formula is C13H18BrNO5. The molecule has 0 saturated carbocycles. The highest BCUT2D eigenvalue weighted by molar-refractivity contribution is 9.10. The van der Waals surface area contributed by atoms with Crippen LogP contribution in [0.2, 0.25) is 0 Å². The lowest BCUT2D eigenvalue weighted by Crippen LogP contribution is -2.34. The van der Waals surface area contributed by atoms with Crippen molar-refractivity contribution in [2.45, 2.75) is 19.1 Å². The van der Waals surface area contributed by atoms with E-state index in [-0.39, 0.29) is 12.5 Å². The van der Waals surface area contributed by atoms with Gasteiger partial charge in [0.2, 0.25) is 5.91 Å². The second-order valence-corrected chi connectivity index (χ2v) is 4.98. The molecule has 1 amide bonds. The SMILES string of the molecule is COc1cc(C(O)C(O)CNC(C)=O)cc(OC)c1Br. The van der Waals surface area contributed by atoms with E-state index in [0.29, 0.717) is 21.5 Å². The van der Waals surface area contributed by atoms with Crippen molar-refractivity contribution in [2.75, 3.05) is 20.8 Å². The number of carbonyl (C=O) groups is 1. The van der Waals surface area contributed by atoms with Gasteiger partial charge in [-0.3, -0.25) is 4.79 Å². The van der Waals surface area contributed by atoms with E-state index >= 15 is 0 Å². The molecule has 0 radical (unpaired) electrons. The third-order valence-corrected chi connectivity index (χ3v) is 3.52. The predicted octanol–water partition coefficient (Wildman–Crippen LogP) is 0.997. The van der Waals surface area contributed by atoms with Crippen molar-refractivity contribution in [3.8, 4) is 11.5 Å². The standard InChI is InChI=1S/C13H18BrNO5/c1-7(16)15-6-9(17)13(18)8-4-10(19-2)12(14)11(5-8)20-3/h4-5,9,13,17-18H,6H2,1-3H3,(H,15,16). The number of ether oxygens (including phenoxy) is 2. The average Bonchev–Trinajstić information content (AvgIpc) is 2.44. The van der Waals surface area contributed by atoms with Crippen LogP contribution in [-0.2, 0) is 4.79 Å². The summed E-state index contributed by atoms with van der Waals surface area (Å²) in [6.07, 6.45) is -2.30. The lowest BCUT2D eigenvalue weighted by molar-refractivity contribution is -0.119. The van der Waals surface area contributed by atoms with Gasteiger partial charge in [-0.2, -0.15) is 0 Å². The van der Waals surface area contributed by atoms with Gasteiger partial charge in [-0.05, 0) is 33.6 Å². The van der Waals surface area contributed by atoms with Gasteiger partial charge in [-0.15, -0.1) is 0 Å². The Morgan fingerprint density at radius 3 is 2.20 bits per heavy atom. The number of nitrogens with one attached hydrogen (secondary N) is 1. The van der Waals surface area contributed by atoms with Crippen LogP contribution in [0.4, 0.5) is 0 Å².